The van der Waals surface area contributed by atoms with Crippen molar-refractivity contribution >= 4 is 17.5 Å². The molecule has 1 unspecified atom stereocenters. The lowest BCUT2D eigenvalue weighted by Crippen LogP contribution is -2.40. The molecule has 1 aliphatic heterocycles. The molecule has 1 aromatic heterocycles. The van der Waals surface area contributed by atoms with Crippen molar-refractivity contribution < 1.29 is 23.1 Å². The molecule has 2 amide bonds. The normalized spacial score (nSPS) is 16.2. The number of hydrogen-bond donors (Lipinski definition) is 1. The van der Waals surface area contributed by atoms with Gasteiger partial charge in [0.25, 0.3) is 11.8 Å². The summed E-state index contributed by atoms with van der Waals surface area (Å²) in [5.74, 6) is -2.74. The topological polar surface area (TPSA) is 84.4 Å². The molecule has 0 aliphatic carbocycles. The molecule has 2 aromatic rings. The first-order valence-electron chi connectivity index (χ1n) is 9.89. The van der Waals surface area contributed by atoms with Crippen LogP contribution in [0.4, 0.5) is 14.5 Å². The Labute approximate surface area is 173 Å². The van der Waals surface area contributed by atoms with Crippen molar-refractivity contribution in [2.24, 2.45) is 0 Å². The number of nitrogens with zero attached hydrogens (tertiary/aromatic N) is 3. The van der Waals surface area contributed by atoms with Crippen molar-refractivity contribution in [1.29, 1.82) is 0 Å². The minimum Gasteiger partial charge on any atom is -0.376 e. The van der Waals surface area contributed by atoms with Gasteiger partial charge in [0.2, 0.25) is 0 Å². The van der Waals surface area contributed by atoms with Crippen LogP contribution in [-0.2, 0) is 4.74 Å². The number of aromatic nitrogens is 2. The summed E-state index contributed by atoms with van der Waals surface area (Å²) in [5, 5.41) is 2.35. The molecule has 2 heterocycles. The quantitative estimate of drug-likeness (QED) is 0.778. The van der Waals surface area contributed by atoms with Crippen LogP contribution in [0.15, 0.2) is 24.5 Å². The van der Waals surface area contributed by atoms with E-state index in [2.05, 4.69) is 15.3 Å². The Morgan fingerprint density at radius 3 is 2.57 bits per heavy atom. The van der Waals surface area contributed by atoms with Gasteiger partial charge in [-0.25, -0.2) is 18.7 Å². The molecular weight excluding hydrogens is 394 g/mol. The third-order valence-electron chi connectivity index (χ3n) is 4.95. The molecule has 1 saturated heterocycles. The number of anilines is 1. The molecule has 1 N–H and O–H groups in total. The number of nitrogens with one attached hydrogen (secondary N) is 1. The van der Waals surface area contributed by atoms with E-state index in [-0.39, 0.29) is 22.9 Å². The van der Waals surface area contributed by atoms with Gasteiger partial charge in [-0.15, -0.1) is 0 Å². The van der Waals surface area contributed by atoms with Crippen molar-refractivity contribution in [1.82, 2.24) is 14.9 Å². The van der Waals surface area contributed by atoms with Crippen LogP contribution in [0.1, 0.15) is 52.7 Å². The summed E-state index contributed by atoms with van der Waals surface area (Å²) in [6, 6.07) is 1.61. The van der Waals surface area contributed by atoms with Crippen LogP contribution in [-0.4, -0.2) is 52.5 Å². The van der Waals surface area contributed by atoms with Crippen LogP contribution >= 0.6 is 0 Å². The molecule has 0 radical (unpaired) electrons. The van der Waals surface area contributed by atoms with Crippen molar-refractivity contribution in [2.75, 3.05) is 25.0 Å². The lowest BCUT2D eigenvalue weighted by atomic mass is 10.1. The van der Waals surface area contributed by atoms with Crippen LogP contribution in [0, 0.1) is 18.6 Å². The summed E-state index contributed by atoms with van der Waals surface area (Å²) in [6.45, 7) is 4.76. The molecule has 1 aliphatic rings. The van der Waals surface area contributed by atoms with E-state index in [1.807, 2.05) is 0 Å². The average Bonchev–Trinajstić information content (AvgIpc) is 2.74. The van der Waals surface area contributed by atoms with Gasteiger partial charge in [0.05, 0.1) is 22.9 Å². The Bertz CT molecular complexity index is 915. The fourth-order valence-electron chi connectivity index (χ4n) is 3.24. The zero-order chi connectivity index (χ0) is 21.7. The second kappa shape index (κ2) is 9.71. The first kappa shape index (κ1) is 21.8. The summed E-state index contributed by atoms with van der Waals surface area (Å²) in [7, 11) is 0. The highest BCUT2D eigenvalue weighted by Crippen LogP contribution is 2.23. The summed E-state index contributed by atoms with van der Waals surface area (Å²) in [4.78, 5) is 34.5. The number of likely N-dealkylation sites (N-methyl/N-ethyl adjacent to an activating group) is 1. The van der Waals surface area contributed by atoms with Crippen LogP contribution in [0.5, 0.6) is 0 Å². The molecule has 7 nitrogen and oxygen atoms in total. The summed E-state index contributed by atoms with van der Waals surface area (Å²) in [6.07, 6.45) is 5.32. The minimum absolute atomic E-state index is 0.105. The van der Waals surface area contributed by atoms with Crippen LogP contribution in [0.2, 0.25) is 0 Å². The predicted molar refractivity (Wildman–Crippen MR) is 106 cm³/mol. The van der Waals surface area contributed by atoms with Crippen molar-refractivity contribution in [3.63, 3.8) is 0 Å². The first-order chi connectivity index (χ1) is 14.4. The molecular formula is C21H24F2N4O3. The van der Waals surface area contributed by atoms with Gasteiger partial charge in [-0.3, -0.25) is 9.59 Å². The number of halogens is 2. The fraction of sp³-hybridized carbons (Fsp3) is 0.429. The summed E-state index contributed by atoms with van der Waals surface area (Å²) in [5.41, 5.74) is -0.498. The van der Waals surface area contributed by atoms with Gasteiger partial charge in [0, 0.05) is 38.2 Å². The zero-order valence-corrected chi connectivity index (χ0v) is 17.0. The Morgan fingerprint density at radius 1 is 1.20 bits per heavy atom. The van der Waals surface area contributed by atoms with E-state index >= 15 is 0 Å². The number of rotatable bonds is 6. The maximum Gasteiger partial charge on any atom is 0.258 e. The van der Waals surface area contributed by atoms with E-state index in [1.165, 1.54) is 17.3 Å². The second-order valence-electron chi connectivity index (χ2n) is 7.12. The fourth-order valence-corrected chi connectivity index (χ4v) is 3.24. The molecule has 3 rings (SSSR count). The maximum absolute atomic E-state index is 14.4. The van der Waals surface area contributed by atoms with Gasteiger partial charge in [-0.2, -0.15) is 0 Å². The van der Waals surface area contributed by atoms with Gasteiger partial charge in [-0.05, 0) is 39.2 Å². The predicted octanol–water partition coefficient (Wildman–Crippen LogP) is 3.35. The molecule has 0 saturated carbocycles. The Balaban J connectivity index is 1.79. The summed E-state index contributed by atoms with van der Waals surface area (Å²) >= 11 is 0. The SMILES string of the molecule is CCN(CC1CCCCO1)C(=O)c1cc(NC(=O)c2cnc(C)nc2)c(F)cc1F. The van der Waals surface area contributed by atoms with Gasteiger partial charge in [-0.1, -0.05) is 0 Å². The molecule has 30 heavy (non-hydrogen) atoms. The van der Waals surface area contributed by atoms with Gasteiger partial charge >= 0.3 is 0 Å². The monoisotopic (exact) mass is 418 g/mol. The van der Waals surface area contributed by atoms with Crippen LogP contribution in [0.3, 0.4) is 0 Å². The van der Waals surface area contributed by atoms with E-state index in [0.717, 1.165) is 25.3 Å². The lowest BCUT2D eigenvalue weighted by Gasteiger charge is -2.29. The molecule has 0 bridgehead atoms. The number of benzene rings is 1. The van der Waals surface area contributed by atoms with Crippen molar-refractivity contribution in [2.45, 2.75) is 39.2 Å². The Hall–Kier alpha value is -2.94. The van der Waals surface area contributed by atoms with E-state index in [1.54, 1.807) is 13.8 Å². The Kier molecular flexibility index (Phi) is 7.04. The minimum atomic E-state index is -0.989. The smallest absolute Gasteiger partial charge is 0.258 e. The third kappa shape index (κ3) is 5.15. The zero-order valence-electron chi connectivity index (χ0n) is 17.0. The van der Waals surface area contributed by atoms with Gasteiger partial charge in [0.15, 0.2) is 0 Å². The highest BCUT2D eigenvalue weighted by molar-refractivity contribution is 6.05. The highest BCUT2D eigenvalue weighted by Gasteiger charge is 2.25. The molecule has 1 aromatic carbocycles. The number of hydrogen-bond acceptors (Lipinski definition) is 5. The molecule has 9 heteroatoms. The van der Waals surface area contributed by atoms with E-state index < -0.39 is 23.4 Å². The highest BCUT2D eigenvalue weighted by atomic mass is 19.1. The van der Waals surface area contributed by atoms with Crippen LogP contribution < -0.4 is 5.32 Å². The van der Waals surface area contributed by atoms with Crippen molar-refractivity contribution in [3.05, 3.63) is 53.1 Å². The van der Waals surface area contributed by atoms with E-state index in [9.17, 15) is 18.4 Å². The van der Waals surface area contributed by atoms with Gasteiger partial charge < -0.3 is 15.0 Å². The van der Waals surface area contributed by atoms with Crippen LogP contribution in [0.25, 0.3) is 0 Å². The van der Waals surface area contributed by atoms with E-state index in [0.29, 0.717) is 31.6 Å². The number of carbonyl (C=O) groups excluding carboxylic acids is 2. The van der Waals surface area contributed by atoms with Gasteiger partial charge in [0.1, 0.15) is 17.5 Å². The second-order valence-corrected chi connectivity index (χ2v) is 7.12. The summed E-state index contributed by atoms with van der Waals surface area (Å²) < 4.78 is 34.3. The Morgan fingerprint density at radius 2 is 1.93 bits per heavy atom. The molecule has 160 valence electrons. The number of amides is 2. The molecule has 0 spiro atoms. The standard InChI is InChI=1S/C21H24F2N4O3/c1-3-27(12-15-6-4-5-7-30-15)21(29)16-8-19(18(23)9-17(16)22)26-20(28)14-10-24-13(2)25-11-14/h8-11,15H,3-7,12H2,1-2H3,(H,26,28). The van der Waals surface area contributed by atoms with E-state index in [4.69, 9.17) is 4.74 Å². The largest absolute Gasteiger partial charge is 0.376 e. The maximum atomic E-state index is 14.4. The number of carbonyl (C=O) groups is 2. The average molecular weight is 418 g/mol. The van der Waals surface area contributed by atoms with Crippen molar-refractivity contribution in [3.8, 4) is 0 Å². The molecule has 1 atom stereocenters. The lowest BCUT2D eigenvalue weighted by molar-refractivity contribution is -0.00320. The molecule has 1 fully saturated rings. The first-order valence-corrected chi connectivity index (χ1v) is 9.89. The third-order valence-corrected chi connectivity index (χ3v) is 4.95. The number of aryl methyl sites for hydroxylation is 1. The number of ether oxygens (including phenoxy) is 1.